The SMILES string of the molecule is O=C(O[C@@H](C(=O)Cl)c1ccccc1)C(=O)O[C@@H](C(=O)Cl)c1ccccc1. The van der Waals surface area contributed by atoms with Crippen molar-refractivity contribution in [1.82, 2.24) is 0 Å². The number of benzene rings is 2. The van der Waals surface area contributed by atoms with Gasteiger partial charge in [0.15, 0.2) is 0 Å². The van der Waals surface area contributed by atoms with E-state index in [-0.39, 0.29) is 11.1 Å². The Morgan fingerprint density at radius 3 is 1.19 bits per heavy atom. The zero-order chi connectivity index (χ0) is 19.1. The summed E-state index contributed by atoms with van der Waals surface area (Å²) in [7, 11) is 0. The molecule has 0 amide bonds. The van der Waals surface area contributed by atoms with Gasteiger partial charge in [0.25, 0.3) is 10.5 Å². The van der Waals surface area contributed by atoms with Crippen LogP contribution in [-0.2, 0) is 28.7 Å². The third-order valence-corrected chi connectivity index (χ3v) is 3.63. The van der Waals surface area contributed by atoms with Crippen molar-refractivity contribution in [3.05, 3.63) is 71.8 Å². The van der Waals surface area contributed by atoms with Gasteiger partial charge in [-0.1, -0.05) is 60.7 Å². The van der Waals surface area contributed by atoms with Crippen LogP contribution in [0.15, 0.2) is 60.7 Å². The Bertz CT molecular complexity index is 737. The zero-order valence-electron chi connectivity index (χ0n) is 13.1. The lowest BCUT2D eigenvalue weighted by Crippen LogP contribution is -2.27. The summed E-state index contributed by atoms with van der Waals surface area (Å²) in [4.78, 5) is 46.9. The minimum Gasteiger partial charge on any atom is -0.440 e. The maximum Gasteiger partial charge on any atom is 0.418 e. The maximum atomic E-state index is 12.0. The molecule has 0 fully saturated rings. The first kappa shape index (κ1) is 19.6. The second-order valence-electron chi connectivity index (χ2n) is 5.00. The fraction of sp³-hybridized carbons (Fsp3) is 0.111. The molecule has 2 aromatic carbocycles. The summed E-state index contributed by atoms with van der Waals surface area (Å²) in [5.74, 6) is -2.96. The van der Waals surface area contributed by atoms with Gasteiger partial charge in [-0.3, -0.25) is 9.59 Å². The molecule has 2 atom stereocenters. The Hall–Kier alpha value is -2.70. The van der Waals surface area contributed by atoms with Crippen LogP contribution in [0.25, 0.3) is 0 Å². The van der Waals surface area contributed by atoms with Gasteiger partial charge < -0.3 is 9.47 Å². The van der Waals surface area contributed by atoms with Gasteiger partial charge in [0.1, 0.15) is 0 Å². The summed E-state index contributed by atoms with van der Waals surface area (Å²) in [5.41, 5.74) is 0.559. The fourth-order valence-electron chi connectivity index (χ4n) is 2.06. The van der Waals surface area contributed by atoms with Crippen LogP contribution in [0.4, 0.5) is 0 Å². The Morgan fingerprint density at radius 2 is 0.923 bits per heavy atom. The number of esters is 2. The van der Waals surface area contributed by atoms with Crippen LogP contribution in [0, 0.1) is 0 Å². The first-order valence-corrected chi connectivity index (χ1v) is 8.06. The Kier molecular flexibility index (Phi) is 6.89. The number of hydrogen-bond donors (Lipinski definition) is 0. The van der Waals surface area contributed by atoms with Crippen LogP contribution in [0.3, 0.4) is 0 Å². The van der Waals surface area contributed by atoms with Crippen molar-refractivity contribution in [2.45, 2.75) is 12.2 Å². The smallest absolute Gasteiger partial charge is 0.418 e. The quantitative estimate of drug-likeness (QED) is 0.425. The van der Waals surface area contributed by atoms with Crippen LogP contribution in [0.2, 0.25) is 0 Å². The molecular weight excluding hydrogens is 383 g/mol. The van der Waals surface area contributed by atoms with Crippen LogP contribution >= 0.6 is 23.2 Å². The molecule has 8 heteroatoms. The van der Waals surface area contributed by atoms with Gasteiger partial charge in [-0.05, 0) is 23.2 Å². The first-order chi connectivity index (χ1) is 12.4. The lowest BCUT2D eigenvalue weighted by Gasteiger charge is -2.16. The molecule has 2 rings (SSSR count). The van der Waals surface area contributed by atoms with Gasteiger partial charge >= 0.3 is 11.9 Å². The standard InChI is InChI=1S/C18H12Cl2O6/c19-15(21)13(11-7-3-1-4-8-11)25-17(23)18(24)26-14(16(20)22)12-9-5-2-6-10-12/h1-10,13-14H/t13-,14-/m1/s1. The second-order valence-corrected chi connectivity index (χ2v) is 5.75. The van der Waals surface area contributed by atoms with Crippen molar-refractivity contribution in [3.8, 4) is 0 Å². The van der Waals surface area contributed by atoms with Crippen LogP contribution in [-0.4, -0.2) is 22.4 Å². The second kappa shape index (κ2) is 9.12. The highest BCUT2D eigenvalue weighted by atomic mass is 35.5. The zero-order valence-corrected chi connectivity index (χ0v) is 14.6. The van der Waals surface area contributed by atoms with Gasteiger partial charge in [-0.2, -0.15) is 0 Å². The third kappa shape index (κ3) is 5.15. The summed E-state index contributed by atoms with van der Waals surface area (Å²) in [6.45, 7) is 0. The highest BCUT2D eigenvalue weighted by Gasteiger charge is 2.31. The van der Waals surface area contributed by atoms with Crippen molar-refractivity contribution in [2.24, 2.45) is 0 Å². The van der Waals surface area contributed by atoms with E-state index in [1.165, 1.54) is 24.3 Å². The minimum atomic E-state index is -1.49. The summed E-state index contributed by atoms with van der Waals surface area (Å²) in [5, 5.41) is -1.99. The molecule has 0 aliphatic carbocycles. The molecule has 26 heavy (non-hydrogen) atoms. The van der Waals surface area contributed by atoms with E-state index in [4.69, 9.17) is 32.7 Å². The molecule has 2 aromatic rings. The Labute approximate surface area is 158 Å². The normalized spacial score (nSPS) is 12.5. The molecule has 134 valence electrons. The average Bonchev–Trinajstić information content (AvgIpc) is 2.64. The molecule has 0 aliphatic rings. The first-order valence-electron chi connectivity index (χ1n) is 7.30. The molecular formula is C18H12Cl2O6. The molecule has 0 spiro atoms. The molecule has 0 saturated carbocycles. The van der Waals surface area contributed by atoms with E-state index >= 15 is 0 Å². The predicted octanol–water partition coefficient (Wildman–Crippen LogP) is 3.09. The lowest BCUT2D eigenvalue weighted by atomic mass is 10.1. The summed E-state index contributed by atoms with van der Waals surface area (Å²) < 4.78 is 9.65. The summed E-state index contributed by atoms with van der Waals surface area (Å²) in [6, 6.07) is 15.8. The van der Waals surface area contributed by atoms with Gasteiger partial charge in [0.05, 0.1) is 0 Å². The topological polar surface area (TPSA) is 86.7 Å². The van der Waals surface area contributed by atoms with Crippen molar-refractivity contribution in [1.29, 1.82) is 0 Å². The molecule has 0 radical (unpaired) electrons. The van der Waals surface area contributed by atoms with Crippen molar-refractivity contribution in [2.75, 3.05) is 0 Å². The van der Waals surface area contributed by atoms with E-state index in [1.54, 1.807) is 36.4 Å². The largest absolute Gasteiger partial charge is 0.440 e. The van der Waals surface area contributed by atoms with Gasteiger partial charge in [-0.15, -0.1) is 0 Å². The molecule has 0 saturated heterocycles. The minimum absolute atomic E-state index is 0.279. The number of carbonyl (C=O) groups excluding carboxylic acids is 4. The monoisotopic (exact) mass is 394 g/mol. The van der Waals surface area contributed by atoms with Crippen molar-refractivity contribution < 1.29 is 28.7 Å². The number of carbonyl (C=O) groups is 4. The summed E-state index contributed by atoms with van der Waals surface area (Å²) in [6.07, 6.45) is -2.97. The maximum absolute atomic E-state index is 12.0. The highest BCUT2D eigenvalue weighted by Crippen LogP contribution is 2.23. The van der Waals surface area contributed by atoms with Crippen LogP contribution < -0.4 is 0 Å². The molecule has 0 aromatic heterocycles. The van der Waals surface area contributed by atoms with E-state index < -0.39 is 34.6 Å². The van der Waals surface area contributed by atoms with E-state index in [0.717, 1.165) is 0 Å². The predicted molar refractivity (Wildman–Crippen MR) is 92.3 cm³/mol. The Morgan fingerprint density at radius 1 is 0.615 bits per heavy atom. The van der Waals surface area contributed by atoms with Crippen molar-refractivity contribution >= 4 is 45.6 Å². The molecule has 0 aliphatic heterocycles. The van der Waals surface area contributed by atoms with E-state index in [1.807, 2.05) is 0 Å². The number of rotatable bonds is 6. The van der Waals surface area contributed by atoms with Gasteiger partial charge in [0, 0.05) is 11.1 Å². The lowest BCUT2D eigenvalue weighted by molar-refractivity contribution is -0.175. The Balaban J connectivity index is 2.11. The molecule has 0 heterocycles. The number of halogens is 2. The van der Waals surface area contributed by atoms with Crippen molar-refractivity contribution in [3.63, 3.8) is 0 Å². The van der Waals surface area contributed by atoms with Crippen LogP contribution in [0.1, 0.15) is 23.3 Å². The number of hydrogen-bond acceptors (Lipinski definition) is 6. The van der Waals surface area contributed by atoms with Gasteiger partial charge in [0.2, 0.25) is 12.2 Å². The number of ether oxygens (including phenoxy) is 2. The average molecular weight is 395 g/mol. The van der Waals surface area contributed by atoms with E-state index in [2.05, 4.69) is 0 Å². The summed E-state index contributed by atoms with van der Waals surface area (Å²) >= 11 is 10.9. The third-order valence-electron chi connectivity index (χ3n) is 3.23. The van der Waals surface area contributed by atoms with Crippen LogP contribution in [0.5, 0.6) is 0 Å². The highest BCUT2D eigenvalue weighted by molar-refractivity contribution is 6.65. The fourth-order valence-corrected chi connectivity index (χ4v) is 2.40. The molecule has 6 nitrogen and oxygen atoms in total. The molecule has 0 unspecified atom stereocenters. The molecule has 0 N–H and O–H groups in total. The molecule has 0 bridgehead atoms. The van der Waals surface area contributed by atoms with Gasteiger partial charge in [-0.25, -0.2) is 9.59 Å². The van der Waals surface area contributed by atoms with E-state index in [9.17, 15) is 19.2 Å². The van der Waals surface area contributed by atoms with E-state index in [0.29, 0.717) is 0 Å².